The van der Waals surface area contributed by atoms with Crippen LogP contribution in [-0.2, 0) is 22.4 Å². The number of amides is 2. The van der Waals surface area contributed by atoms with E-state index in [4.69, 9.17) is 16.1 Å². The Hall–Kier alpha value is -3.26. The number of aryl methyl sites for hydroxylation is 1. The van der Waals surface area contributed by atoms with Crippen molar-refractivity contribution in [1.29, 1.82) is 0 Å². The lowest BCUT2D eigenvalue weighted by Gasteiger charge is -2.34. The second kappa shape index (κ2) is 9.70. The molecule has 0 radical (unpaired) electrons. The van der Waals surface area contributed by atoms with E-state index in [2.05, 4.69) is 15.1 Å². The lowest BCUT2D eigenvalue weighted by molar-refractivity contribution is -0.139. The number of carbonyl (C=O) groups is 2. The molecule has 31 heavy (non-hydrogen) atoms. The van der Waals surface area contributed by atoms with E-state index in [1.165, 1.54) is 0 Å². The van der Waals surface area contributed by atoms with Crippen LogP contribution in [0.5, 0.6) is 0 Å². The summed E-state index contributed by atoms with van der Waals surface area (Å²) in [6.45, 7) is 2.09. The van der Waals surface area contributed by atoms with Crippen LogP contribution in [0.25, 0.3) is 11.4 Å². The number of halogens is 1. The first-order valence-corrected chi connectivity index (χ1v) is 10.5. The Labute approximate surface area is 184 Å². The van der Waals surface area contributed by atoms with Crippen molar-refractivity contribution in [2.45, 2.75) is 19.3 Å². The third kappa shape index (κ3) is 5.46. The van der Waals surface area contributed by atoms with Crippen LogP contribution in [0.3, 0.4) is 0 Å². The molecule has 0 bridgehead atoms. The monoisotopic (exact) mass is 439 g/mol. The van der Waals surface area contributed by atoms with Crippen molar-refractivity contribution in [1.82, 2.24) is 24.9 Å². The van der Waals surface area contributed by atoms with Crippen LogP contribution < -0.4 is 0 Å². The molecular formula is C22H22ClN5O3. The SMILES string of the molecule is O=C(CCc1nc(-c2ccc(Cl)cc2)no1)N1CCN(C(=O)Cc2ccccn2)CC1. The molecule has 0 atom stereocenters. The van der Waals surface area contributed by atoms with Gasteiger partial charge in [-0.25, -0.2) is 0 Å². The normalized spacial score (nSPS) is 14.0. The Balaban J connectivity index is 1.23. The second-order valence-corrected chi connectivity index (χ2v) is 7.71. The molecule has 0 unspecified atom stereocenters. The summed E-state index contributed by atoms with van der Waals surface area (Å²) in [5.74, 6) is 0.941. The Kier molecular flexibility index (Phi) is 6.57. The highest BCUT2D eigenvalue weighted by Crippen LogP contribution is 2.19. The van der Waals surface area contributed by atoms with Gasteiger partial charge in [0, 0.05) is 61.5 Å². The van der Waals surface area contributed by atoms with E-state index in [1.807, 2.05) is 30.3 Å². The molecule has 1 aromatic carbocycles. The van der Waals surface area contributed by atoms with Gasteiger partial charge in [-0.1, -0.05) is 22.8 Å². The van der Waals surface area contributed by atoms with Crippen LogP contribution in [0.1, 0.15) is 18.0 Å². The number of piperazine rings is 1. The van der Waals surface area contributed by atoms with Gasteiger partial charge >= 0.3 is 0 Å². The molecule has 0 spiro atoms. The van der Waals surface area contributed by atoms with Crippen LogP contribution in [0.2, 0.25) is 5.02 Å². The van der Waals surface area contributed by atoms with Gasteiger partial charge in [-0.05, 0) is 36.4 Å². The molecule has 2 aromatic heterocycles. The number of hydrogen-bond acceptors (Lipinski definition) is 6. The minimum atomic E-state index is 0.0167. The van der Waals surface area contributed by atoms with Crippen molar-refractivity contribution in [3.63, 3.8) is 0 Å². The molecule has 0 saturated carbocycles. The topological polar surface area (TPSA) is 92.4 Å². The zero-order chi connectivity index (χ0) is 21.6. The molecule has 4 rings (SSSR count). The molecule has 0 aliphatic carbocycles. The summed E-state index contributed by atoms with van der Waals surface area (Å²) in [4.78, 5) is 37.1. The molecule has 1 saturated heterocycles. The summed E-state index contributed by atoms with van der Waals surface area (Å²) >= 11 is 5.89. The number of aromatic nitrogens is 3. The van der Waals surface area contributed by atoms with E-state index in [0.29, 0.717) is 49.3 Å². The molecule has 3 aromatic rings. The highest BCUT2D eigenvalue weighted by molar-refractivity contribution is 6.30. The van der Waals surface area contributed by atoms with Gasteiger partial charge in [0.15, 0.2) is 0 Å². The predicted molar refractivity (Wildman–Crippen MR) is 114 cm³/mol. The van der Waals surface area contributed by atoms with Crippen molar-refractivity contribution in [3.8, 4) is 11.4 Å². The molecule has 1 fully saturated rings. The van der Waals surface area contributed by atoms with Gasteiger partial charge in [-0.3, -0.25) is 14.6 Å². The Morgan fingerprint density at radius 2 is 1.68 bits per heavy atom. The number of benzene rings is 1. The summed E-state index contributed by atoms with van der Waals surface area (Å²) in [7, 11) is 0. The Bertz CT molecular complexity index is 1030. The number of nitrogens with zero attached hydrogens (tertiary/aromatic N) is 5. The van der Waals surface area contributed by atoms with E-state index < -0.39 is 0 Å². The number of hydrogen-bond donors (Lipinski definition) is 0. The lowest BCUT2D eigenvalue weighted by Crippen LogP contribution is -2.51. The average Bonchev–Trinajstić information content (AvgIpc) is 3.28. The Morgan fingerprint density at radius 3 is 2.35 bits per heavy atom. The van der Waals surface area contributed by atoms with Gasteiger partial charge in [0.25, 0.3) is 0 Å². The van der Waals surface area contributed by atoms with Crippen molar-refractivity contribution in [3.05, 3.63) is 65.3 Å². The van der Waals surface area contributed by atoms with E-state index in [0.717, 1.165) is 11.3 Å². The summed E-state index contributed by atoms with van der Waals surface area (Å²) in [5.41, 5.74) is 1.56. The van der Waals surface area contributed by atoms with Gasteiger partial charge in [0.2, 0.25) is 23.5 Å². The van der Waals surface area contributed by atoms with E-state index >= 15 is 0 Å². The fourth-order valence-corrected chi connectivity index (χ4v) is 3.55. The van der Waals surface area contributed by atoms with Crippen molar-refractivity contribution >= 4 is 23.4 Å². The first-order chi connectivity index (χ1) is 15.1. The van der Waals surface area contributed by atoms with Crippen LogP contribution in [0.15, 0.2) is 53.2 Å². The molecule has 160 valence electrons. The number of rotatable bonds is 6. The molecule has 9 heteroatoms. The maximum Gasteiger partial charge on any atom is 0.228 e. The van der Waals surface area contributed by atoms with Crippen LogP contribution >= 0.6 is 11.6 Å². The number of carbonyl (C=O) groups excluding carboxylic acids is 2. The number of pyridine rings is 1. The third-order valence-corrected chi connectivity index (χ3v) is 5.42. The highest BCUT2D eigenvalue weighted by Gasteiger charge is 2.24. The minimum absolute atomic E-state index is 0.0167. The summed E-state index contributed by atoms with van der Waals surface area (Å²) < 4.78 is 5.27. The van der Waals surface area contributed by atoms with E-state index in [9.17, 15) is 9.59 Å². The Morgan fingerprint density at radius 1 is 0.968 bits per heavy atom. The van der Waals surface area contributed by atoms with Gasteiger partial charge in [0.05, 0.1) is 6.42 Å². The molecule has 8 nitrogen and oxygen atoms in total. The van der Waals surface area contributed by atoms with Gasteiger partial charge in [-0.15, -0.1) is 0 Å². The fraction of sp³-hybridized carbons (Fsp3) is 0.318. The molecular weight excluding hydrogens is 418 g/mol. The van der Waals surface area contributed by atoms with Gasteiger partial charge < -0.3 is 14.3 Å². The molecule has 3 heterocycles. The van der Waals surface area contributed by atoms with Crippen LogP contribution in [-0.4, -0.2) is 62.9 Å². The molecule has 2 amide bonds. The molecule has 0 N–H and O–H groups in total. The summed E-state index contributed by atoms with van der Waals surface area (Å²) in [5, 5.41) is 4.60. The smallest absolute Gasteiger partial charge is 0.228 e. The van der Waals surface area contributed by atoms with Gasteiger partial charge in [-0.2, -0.15) is 4.98 Å². The maximum atomic E-state index is 12.6. The van der Waals surface area contributed by atoms with Crippen LogP contribution in [0, 0.1) is 0 Å². The lowest BCUT2D eigenvalue weighted by atomic mass is 10.2. The predicted octanol–water partition coefficient (Wildman–Crippen LogP) is 2.63. The maximum absolute atomic E-state index is 12.6. The summed E-state index contributed by atoms with van der Waals surface area (Å²) in [6, 6.07) is 12.7. The van der Waals surface area contributed by atoms with Crippen molar-refractivity contribution in [2.75, 3.05) is 26.2 Å². The zero-order valence-electron chi connectivity index (χ0n) is 16.9. The first-order valence-electron chi connectivity index (χ1n) is 10.1. The van der Waals surface area contributed by atoms with Crippen molar-refractivity contribution in [2.24, 2.45) is 0 Å². The zero-order valence-corrected chi connectivity index (χ0v) is 17.7. The quantitative estimate of drug-likeness (QED) is 0.586. The van der Waals surface area contributed by atoms with E-state index in [-0.39, 0.29) is 24.7 Å². The highest BCUT2D eigenvalue weighted by atomic mass is 35.5. The average molecular weight is 440 g/mol. The molecule has 1 aliphatic rings. The second-order valence-electron chi connectivity index (χ2n) is 7.28. The first kappa shape index (κ1) is 21.0. The third-order valence-electron chi connectivity index (χ3n) is 5.17. The van der Waals surface area contributed by atoms with Crippen LogP contribution in [0.4, 0.5) is 0 Å². The molecule has 1 aliphatic heterocycles. The van der Waals surface area contributed by atoms with E-state index in [1.54, 1.807) is 28.1 Å². The fourth-order valence-electron chi connectivity index (χ4n) is 3.42. The summed E-state index contributed by atoms with van der Waals surface area (Å²) in [6.07, 6.45) is 2.62. The standard InChI is InChI=1S/C22H22ClN5O3/c23-17-6-4-16(5-7-17)22-25-19(31-26-22)8-9-20(29)27-11-13-28(14-12-27)21(30)15-18-3-1-2-10-24-18/h1-7,10H,8-9,11-15H2. The minimum Gasteiger partial charge on any atom is -0.339 e. The van der Waals surface area contributed by atoms with Gasteiger partial charge in [0.1, 0.15) is 0 Å². The largest absolute Gasteiger partial charge is 0.339 e. The van der Waals surface area contributed by atoms with Crippen molar-refractivity contribution < 1.29 is 14.1 Å².